The van der Waals surface area contributed by atoms with E-state index < -0.39 is 0 Å². The van der Waals surface area contributed by atoms with Gasteiger partial charge < -0.3 is 14.7 Å². The monoisotopic (exact) mass is 348 g/mol. The molecule has 1 N–H and O–H groups in total. The second kappa shape index (κ2) is 8.60. The third kappa shape index (κ3) is 4.79. The highest BCUT2D eigenvalue weighted by Crippen LogP contribution is 2.21. The van der Waals surface area contributed by atoms with Crippen molar-refractivity contribution in [1.82, 2.24) is 20.4 Å². The van der Waals surface area contributed by atoms with Gasteiger partial charge in [0.05, 0.1) is 0 Å². The molecule has 0 unspecified atom stereocenters. The molecule has 1 aliphatic rings. The van der Waals surface area contributed by atoms with Crippen LogP contribution in [0.4, 0.5) is 0 Å². The van der Waals surface area contributed by atoms with Gasteiger partial charge in [-0.2, -0.15) is 4.98 Å². The summed E-state index contributed by atoms with van der Waals surface area (Å²) in [4.78, 5) is 6.99. The molecule has 1 saturated heterocycles. The van der Waals surface area contributed by atoms with Gasteiger partial charge in [-0.15, -0.1) is 0 Å². The van der Waals surface area contributed by atoms with Crippen molar-refractivity contribution < 1.29 is 4.52 Å². The van der Waals surface area contributed by atoms with Crippen LogP contribution in [0, 0.1) is 5.92 Å². The van der Waals surface area contributed by atoms with Crippen molar-refractivity contribution in [2.45, 2.75) is 25.7 Å². The van der Waals surface area contributed by atoms with Crippen LogP contribution in [0.5, 0.6) is 0 Å². The summed E-state index contributed by atoms with van der Waals surface area (Å²) in [6, 6.07) is 7.53. The highest BCUT2D eigenvalue weighted by atomic mass is 35.5. The number of hydrogen-bond acceptors (Lipinski definition) is 5. The van der Waals surface area contributed by atoms with Crippen LogP contribution < -0.4 is 5.32 Å². The van der Waals surface area contributed by atoms with Crippen molar-refractivity contribution in [3.8, 4) is 11.4 Å². The van der Waals surface area contributed by atoms with Crippen molar-refractivity contribution in [3.05, 3.63) is 35.2 Å². The van der Waals surface area contributed by atoms with E-state index in [-0.39, 0.29) is 0 Å². The first-order chi connectivity index (χ1) is 11.7. The fourth-order valence-electron chi connectivity index (χ4n) is 3.20. The van der Waals surface area contributed by atoms with Crippen molar-refractivity contribution >= 4 is 11.6 Å². The van der Waals surface area contributed by atoms with Gasteiger partial charge in [0.2, 0.25) is 11.7 Å². The van der Waals surface area contributed by atoms with Crippen molar-refractivity contribution in [2.75, 3.05) is 33.2 Å². The number of piperidine rings is 1. The lowest BCUT2D eigenvalue weighted by molar-refractivity contribution is 0.176. The fraction of sp³-hybridized carbons (Fsp3) is 0.556. The Labute approximate surface area is 148 Å². The topological polar surface area (TPSA) is 54.2 Å². The number of likely N-dealkylation sites (tertiary alicyclic amines) is 1. The number of aromatic nitrogens is 2. The van der Waals surface area contributed by atoms with Crippen molar-refractivity contribution in [3.63, 3.8) is 0 Å². The maximum Gasteiger partial charge on any atom is 0.228 e. The summed E-state index contributed by atoms with van der Waals surface area (Å²) >= 11 is 6.01. The summed E-state index contributed by atoms with van der Waals surface area (Å²) in [6.07, 6.45) is 4.67. The molecule has 6 heteroatoms. The molecule has 5 nitrogen and oxygen atoms in total. The van der Waals surface area contributed by atoms with E-state index in [1.165, 1.54) is 32.4 Å². The molecular weight excluding hydrogens is 324 g/mol. The summed E-state index contributed by atoms with van der Waals surface area (Å²) < 4.78 is 5.39. The minimum Gasteiger partial charge on any atom is -0.339 e. The number of rotatable bonds is 7. The first-order valence-electron chi connectivity index (χ1n) is 8.70. The number of nitrogens with one attached hydrogen (secondary N) is 1. The van der Waals surface area contributed by atoms with E-state index in [4.69, 9.17) is 16.1 Å². The van der Waals surface area contributed by atoms with Crippen LogP contribution in [0.15, 0.2) is 28.8 Å². The van der Waals surface area contributed by atoms with Gasteiger partial charge in [0.25, 0.3) is 0 Å². The fourth-order valence-corrected chi connectivity index (χ4v) is 3.39. The standard InChI is InChI=1S/C18H25ClN4O/c1-20-9-5-14-6-10-23(11-7-14)12-8-17-21-18(22-24-17)15-3-2-4-16(19)13-15/h2-4,13-14,20H,5-12H2,1H3. The number of benzene rings is 1. The summed E-state index contributed by atoms with van der Waals surface area (Å²) in [5.41, 5.74) is 0.892. The third-order valence-electron chi connectivity index (χ3n) is 4.70. The summed E-state index contributed by atoms with van der Waals surface area (Å²) in [7, 11) is 2.02. The van der Waals surface area contributed by atoms with Crippen LogP contribution in [-0.4, -0.2) is 48.3 Å². The van der Waals surface area contributed by atoms with Gasteiger partial charge in [-0.05, 0) is 64.0 Å². The Kier molecular flexibility index (Phi) is 6.24. The first-order valence-corrected chi connectivity index (χ1v) is 9.08. The van der Waals surface area contributed by atoms with Crippen molar-refractivity contribution in [2.24, 2.45) is 5.92 Å². The molecular formula is C18H25ClN4O. The molecule has 3 rings (SSSR count). The molecule has 0 radical (unpaired) electrons. The molecule has 0 amide bonds. The predicted molar refractivity (Wildman–Crippen MR) is 96.2 cm³/mol. The van der Waals surface area contributed by atoms with E-state index in [1.807, 2.05) is 31.3 Å². The largest absolute Gasteiger partial charge is 0.339 e. The Morgan fingerprint density at radius 3 is 2.92 bits per heavy atom. The maximum absolute atomic E-state index is 6.01. The minimum atomic E-state index is 0.610. The van der Waals surface area contributed by atoms with E-state index in [9.17, 15) is 0 Å². The Bertz CT molecular complexity index is 637. The number of halogens is 1. The second-order valence-corrected chi connectivity index (χ2v) is 6.89. The number of hydrogen-bond donors (Lipinski definition) is 1. The van der Waals surface area contributed by atoms with Gasteiger partial charge >= 0.3 is 0 Å². The first kappa shape index (κ1) is 17.4. The Morgan fingerprint density at radius 2 is 2.17 bits per heavy atom. The van der Waals surface area contributed by atoms with Crippen LogP contribution in [0.3, 0.4) is 0 Å². The van der Waals surface area contributed by atoms with Crippen LogP contribution >= 0.6 is 11.6 Å². The Morgan fingerprint density at radius 1 is 1.33 bits per heavy atom. The second-order valence-electron chi connectivity index (χ2n) is 6.45. The highest BCUT2D eigenvalue weighted by Gasteiger charge is 2.19. The average Bonchev–Trinajstić information content (AvgIpc) is 3.08. The molecule has 0 bridgehead atoms. The van der Waals surface area contributed by atoms with Gasteiger partial charge in [0.15, 0.2) is 0 Å². The van der Waals surface area contributed by atoms with Gasteiger partial charge in [-0.1, -0.05) is 28.9 Å². The van der Waals surface area contributed by atoms with Gasteiger partial charge in [-0.3, -0.25) is 0 Å². The quantitative estimate of drug-likeness (QED) is 0.832. The molecule has 0 aliphatic carbocycles. The van der Waals surface area contributed by atoms with E-state index in [0.29, 0.717) is 16.7 Å². The SMILES string of the molecule is CNCCC1CCN(CCc2nc(-c3cccc(Cl)c3)no2)CC1. The minimum absolute atomic E-state index is 0.610. The van der Waals surface area contributed by atoms with E-state index in [2.05, 4.69) is 20.4 Å². The normalized spacial score (nSPS) is 16.6. The zero-order valence-electron chi connectivity index (χ0n) is 14.2. The zero-order chi connectivity index (χ0) is 16.8. The lowest BCUT2D eigenvalue weighted by Crippen LogP contribution is -2.35. The zero-order valence-corrected chi connectivity index (χ0v) is 14.9. The predicted octanol–water partition coefficient (Wildman–Crippen LogP) is 3.25. The lowest BCUT2D eigenvalue weighted by Gasteiger charge is -2.31. The van der Waals surface area contributed by atoms with Gasteiger partial charge in [0.1, 0.15) is 0 Å². The summed E-state index contributed by atoms with van der Waals surface area (Å²) in [5, 5.41) is 7.99. The number of nitrogens with zero attached hydrogens (tertiary/aromatic N) is 3. The summed E-state index contributed by atoms with van der Waals surface area (Å²) in [5.74, 6) is 2.17. The molecule has 24 heavy (non-hydrogen) atoms. The van der Waals surface area contributed by atoms with Crippen molar-refractivity contribution in [1.29, 1.82) is 0 Å². The van der Waals surface area contributed by atoms with E-state index in [1.54, 1.807) is 0 Å². The summed E-state index contributed by atoms with van der Waals surface area (Å²) in [6.45, 7) is 4.45. The third-order valence-corrected chi connectivity index (χ3v) is 4.94. The Hall–Kier alpha value is -1.43. The molecule has 1 fully saturated rings. The highest BCUT2D eigenvalue weighted by molar-refractivity contribution is 6.30. The molecule has 0 saturated carbocycles. The van der Waals surface area contributed by atoms with E-state index in [0.717, 1.165) is 31.0 Å². The smallest absolute Gasteiger partial charge is 0.228 e. The maximum atomic E-state index is 6.01. The molecule has 1 aliphatic heterocycles. The van der Waals surface area contributed by atoms with Gasteiger partial charge in [-0.25, -0.2) is 0 Å². The molecule has 1 aromatic carbocycles. The molecule has 130 valence electrons. The Balaban J connectivity index is 1.46. The van der Waals surface area contributed by atoms with Gasteiger partial charge in [0, 0.05) is 23.6 Å². The molecule has 2 aromatic rings. The van der Waals surface area contributed by atoms with Crippen LogP contribution in [0.1, 0.15) is 25.2 Å². The molecule has 1 aromatic heterocycles. The molecule has 2 heterocycles. The van der Waals surface area contributed by atoms with E-state index >= 15 is 0 Å². The molecule has 0 spiro atoms. The average molecular weight is 349 g/mol. The molecule has 0 atom stereocenters. The van der Waals surface area contributed by atoms with Crippen LogP contribution in [0.2, 0.25) is 5.02 Å². The lowest BCUT2D eigenvalue weighted by atomic mass is 9.93. The van der Waals surface area contributed by atoms with Crippen LogP contribution in [-0.2, 0) is 6.42 Å². The van der Waals surface area contributed by atoms with Crippen LogP contribution in [0.25, 0.3) is 11.4 Å².